The molecule has 2 rings (SSSR count). The zero-order valence-electron chi connectivity index (χ0n) is 11.2. The van der Waals surface area contributed by atoms with Crippen LogP contribution < -0.4 is 5.32 Å². The predicted molar refractivity (Wildman–Crippen MR) is 73.8 cm³/mol. The van der Waals surface area contributed by atoms with Crippen LogP contribution in [0, 0.1) is 6.07 Å². The maximum absolute atomic E-state index is 11.9. The van der Waals surface area contributed by atoms with E-state index in [1.165, 1.54) is 32.1 Å². The largest absolute Gasteiger partial charge is 0.382 e. The molecule has 1 aliphatic carbocycles. The third-order valence-corrected chi connectivity index (χ3v) is 3.42. The second kappa shape index (κ2) is 5.89. The number of rotatable bonds is 3. The number of carbonyl (C=O) groups is 1. The van der Waals surface area contributed by atoms with Crippen LogP contribution in [0.3, 0.4) is 0 Å². The van der Waals surface area contributed by atoms with Crippen LogP contribution >= 0.6 is 0 Å². The van der Waals surface area contributed by atoms with Gasteiger partial charge in [-0.15, -0.1) is 0 Å². The highest BCUT2D eigenvalue weighted by atomic mass is 16.2. The Hall–Kier alpha value is -1.51. The molecule has 3 heteroatoms. The van der Waals surface area contributed by atoms with Crippen LogP contribution in [0.2, 0.25) is 0 Å². The molecule has 0 saturated heterocycles. The lowest BCUT2D eigenvalue weighted by Crippen LogP contribution is -2.24. The lowest BCUT2D eigenvalue weighted by Gasteiger charge is -2.24. The third-order valence-electron chi connectivity index (χ3n) is 3.42. The van der Waals surface area contributed by atoms with Crippen molar-refractivity contribution < 1.29 is 4.79 Å². The zero-order chi connectivity index (χ0) is 13.0. The van der Waals surface area contributed by atoms with Gasteiger partial charge < -0.3 is 10.2 Å². The van der Waals surface area contributed by atoms with Crippen molar-refractivity contribution in [3.63, 3.8) is 0 Å². The highest BCUT2D eigenvalue weighted by Crippen LogP contribution is 2.22. The van der Waals surface area contributed by atoms with E-state index in [9.17, 15) is 4.79 Å². The number of hydrogen-bond acceptors (Lipinski definition) is 2. The van der Waals surface area contributed by atoms with Crippen molar-refractivity contribution in [2.24, 2.45) is 0 Å². The first-order chi connectivity index (χ1) is 8.66. The van der Waals surface area contributed by atoms with Gasteiger partial charge in [0.25, 0.3) is 5.91 Å². The molecule has 1 N–H and O–H groups in total. The van der Waals surface area contributed by atoms with Gasteiger partial charge in [-0.25, -0.2) is 0 Å². The summed E-state index contributed by atoms with van der Waals surface area (Å²) in [4.78, 5) is 13.5. The molecule has 1 aromatic carbocycles. The van der Waals surface area contributed by atoms with Crippen LogP contribution in [0.1, 0.15) is 42.5 Å². The van der Waals surface area contributed by atoms with Gasteiger partial charge in [-0.05, 0) is 25.0 Å². The van der Waals surface area contributed by atoms with Gasteiger partial charge in [-0.3, -0.25) is 4.79 Å². The van der Waals surface area contributed by atoms with Gasteiger partial charge in [0.2, 0.25) is 0 Å². The Bertz CT molecular complexity index is 409. The van der Waals surface area contributed by atoms with Crippen LogP contribution in [0.25, 0.3) is 0 Å². The standard InChI is InChI=1S/C15H21N2O/c1-17(2)15(18)12-7-6-10-14(11-12)16-13-8-4-3-5-9-13/h6-7,11,13,16H,3-5,8-9H2,1-2H3. The van der Waals surface area contributed by atoms with Crippen LogP contribution in [0.15, 0.2) is 18.2 Å². The first-order valence-electron chi connectivity index (χ1n) is 6.67. The highest BCUT2D eigenvalue weighted by molar-refractivity contribution is 5.94. The molecule has 0 unspecified atom stereocenters. The summed E-state index contributed by atoms with van der Waals surface area (Å²) in [6.45, 7) is 0. The molecule has 1 aliphatic rings. The Labute approximate surface area is 109 Å². The first kappa shape index (κ1) is 12.9. The number of hydrogen-bond donors (Lipinski definition) is 1. The fourth-order valence-electron chi connectivity index (χ4n) is 2.41. The van der Waals surface area contributed by atoms with Crippen molar-refractivity contribution in [1.29, 1.82) is 0 Å². The smallest absolute Gasteiger partial charge is 0.253 e. The van der Waals surface area contributed by atoms with E-state index in [-0.39, 0.29) is 5.91 Å². The number of anilines is 1. The third kappa shape index (κ3) is 3.25. The van der Waals surface area contributed by atoms with Crippen LogP contribution in [0.5, 0.6) is 0 Å². The van der Waals surface area contributed by atoms with E-state index in [1.54, 1.807) is 19.0 Å². The monoisotopic (exact) mass is 245 g/mol. The van der Waals surface area contributed by atoms with Gasteiger partial charge in [0.15, 0.2) is 0 Å². The Kier molecular flexibility index (Phi) is 4.24. The highest BCUT2D eigenvalue weighted by Gasteiger charge is 2.14. The van der Waals surface area contributed by atoms with Crippen molar-refractivity contribution in [2.75, 3.05) is 19.4 Å². The molecular weight excluding hydrogens is 224 g/mol. The summed E-state index contributed by atoms with van der Waals surface area (Å²) in [6, 6.07) is 9.24. The zero-order valence-corrected chi connectivity index (χ0v) is 11.2. The lowest BCUT2D eigenvalue weighted by atomic mass is 9.95. The maximum Gasteiger partial charge on any atom is 0.253 e. The summed E-state index contributed by atoms with van der Waals surface area (Å²) in [5.41, 5.74) is 1.66. The fourth-order valence-corrected chi connectivity index (χ4v) is 2.41. The van der Waals surface area contributed by atoms with E-state index >= 15 is 0 Å². The second-order valence-electron chi connectivity index (χ2n) is 5.17. The predicted octanol–water partition coefficient (Wildman–Crippen LogP) is 2.93. The van der Waals surface area contributed by atoms with E-state index in [0.29, 0.717) is 6.04 Å². The summed E-state index contributed by atoms with van der Waals surface area (Å²) in [5.74, 6) is 0.0377. The minimum Gasteiger partial charge on any atom is -0.382 e. The number of benzene rings is 1. The van der Waals surface area contributed by atoms with E-state index in [1.807, 2.05) is 18.2 Å². The molecule has 97 valence electrons. The molecule has 1 saturated carbocycles. The molecule has 18 heavy (non-hydrogen) atoms. The topological polar surface area (TPSA) is 32.3 Å². The van der Waals surface area contributed by atoms with Crippen LogP contribution in [0.4, 0.5) is 5.69 Å². The number of nitrogens with one attached hydrogen (secondary N) is 1. The molecule has 1 aromatic rings. The van der Waals surface area contributed by atoms with Crippen LogP contribution in [-0.2, 0) is 0 Å². The molecule has 1 fully saturated rings. The number of carbonyl (C=O) groups excluding carboxylic acids is 1. The van der Waals surface area contributed by atoms with Gasteiger partial charge in [-0.2, -0.15) is 0 Å². The quantitative estimate of drug-likeness (QED) is 0.888. The normalized spacial score (nSPS) is 16.3. The number of amides is 1. The van der Waals surface area contributed by atoms with E-state index in [4.69, 9.17) is 0 Å². The molecule has 1 radical (unpaired) electrons. The van der Waals surface area contributed by atoms with E-state index in [2.05, 4.69) is 11.4 Å². The molecule has 0 aliphatic heterocycles. The Morgan fingerprint density at radius 1 is 1.33 bits per heavy atom. The average molecular weight is 245 g/mol. The van der Waals surface area contributed by atoms with Crippen molar-refractivity contribution in [2.45, 2.75) is 38.1 Å². The van der Waals surface area contributed by atoms with Gasteiger partial charge in [0.05, 0.1) is 0 Å². The van der Waals surface area contributed by atoms with Gasteiger partial charge in [-0.1, -0.05) is 25.3 Å². The average Bonchev–Trinajstić information content (AvgIpc) is 2.39. The molecule has 0 heterocycles. The van der Waals surface area contributed by atoms with E-state index < -0.39 is 0 Å². The second-order valence-corrected chi connectivity index (χ2v) is 5.17. The Morgan fingerprint density at radius 3 is 2.72 bits per heavy atom. The van der Waals surface area contributed by atoms with Crippen LogP contribution in [-0.4, -0.2) is 30.9 Å². The first-order valence-corrected chi connectivity index (χ1v) is 6.67. The molecule has 0 spiro atoms. The van der Waals surface area contributed by atoms with Gasteiger partial charge in [0, 0.05) is 37.5 Å². The lowest BCUT2D eigenvalue weighted by molar-refractivity contribution is 0.0827. The molecule has 0 atom stereocenters. The summed E-state index contributed by atoms with van der Waals surface area (Å²) in [5, 5.41) is 3.49. The van der Waals surface area contributed by atoms with Gasteiger partial charge in [0.1, 0.15) is 0 Å². The van der Waals surface area contributed by atoms with Crippen molar-refractivity contribution in [1.82, 2.24) is 4.90 Å². The minimum absolute atomic E-state index is 0.0377. The van der Waals surface area contributed by atoms with Gasteiger partial charge >= 0.3 is 0 Å². The summed E-state index contributed by atoms with van der Waals surface area (Å²) in [7, 11) is 3.54. The Balaban J connectivity index is 2.04. The minimum atomic E-state index is 0.0377. The van der Waals surface area contributed by atoms with Crippen molar-refractivity contribution in [3.8, 4) is 0 Å². The molecule has 0 bridgehead atoms. The molecule has 1 amide bonds. The molecule has 0 aromatic heterocycles. The SMILES string of the molecule is CN(C)C(=O)c1cc[c]c(NC2CCCCC2)c1. The molecular formula is C15H21N2O. The maximum atomic E-state index is 11.9. The van der Waals surface area contributed by atoms with Crippen molar-refractivity contribution >= 4 is 11.6 Å². The summed E-state index contributed by atoms with van der Waals surface area (Å²) in [6.07, 6.45) is 6.39. The number of nitrogens with zero attached hydrogens (tertiary/aromatic N) is 1. The van der Waals surface area contributed by atoms with E-state index in [0.717, 1.165) is 11.3 Å². The Morgan fingerprint density at radius 2 is 2.06 bits per heavy atom. The fraction of sp³-hybridized carbons (Fsp3) is 0.533. The molecule has 3 nitrogen and oxygen atoms in total. The summed E-state index contributed by atoms with van der Waals surface area (Å²) < 4.78 is 0. The van der Waals surface area contributed by atoms with Crippen molar-refractivity contribution in [3.05, 3.63) is 29.8 Å². The summed E-state index contributed by atoms with van der Waals surface area (Å²) >= 11 is 0.